The van der Waals surface area contributed by atoms with E-state index in [0.29, 0.717) is 0 Å². The molecule has 2 aromatic rings. The molecule has 3 nitrogen and oxygen atoms in total. The lowest BCUT2D eigenvalue weighted by Gasteiger charge is -2.66. The summed E-state index contributed by atoms with van der Waals surface area (Å²) in [6.07, 6.45) is 1.89. The van der Waals surface area contributed by atoms with Gasteiger partial charge in [0.25, 0.3) is 0 Å². The summed E-state index contributed by atoms with van der Waals surface area (Å²) < 4.78 is 0.173. The number of para-hydroxylation sites is 1. The van der Waals surface area contributed by atoms with Gasteiger partial charge in [0.15, 0.2) is 0 Å². The van der Waals surface area contributed by atoms with Crippen LogP contribution in [-0.4, -0.2) is 19.5 Å². The first-order chi connectivity index (χ1) is 12.2. The number of rotatable bonds is 3. The molecule has 1 amide bonds. The molecule has 3 fully saturated rings. The summed E-state index contributed by atoms with van der Waals surface area (Å²) in [5, 5.41) is 4.25. The van der Waals surface area contributed by atoms with Crippen LogP contribution in [-0.2, 0) is 4.79 Å². The van der Waals surface area contributed by atoms with Gasteiger partial charge in [-0.05, 0) is 37.3 Å². The molecular formula is C20H21Br3N2O. The van der Waals surface area contributed by atoms with Crippen LogP contribution in [0.2, 0.25) is 0 Å². The number of benzene rings is 1. The van der Waals surface area contributed by atoms with E-state index in [4.69, 9.17) is 0 Å². The smallest absolute Gasteiger partial charge is 0.232 e. The van der Waals surface area contributed by atoms with E-state index in [2.05, 4.69) is 71.9 Å². The maximum absolute atomic E-state index is 13.5. The number of hydrogen-bond acceptors (Lipinski definition) is 2. The van der Waals surface area contributed by atoms with Gasteiger partial charge in [-0.25, -0.2) is 0 Å². The van der Waals surface area contributed by atoms with Crippen molar-refractivity contribution < 1.29 is 4.79 Å². The first-order valence-electron chi connectivity index (χ1n) is 8.78. The minimum Gasteiger partial charge on any atom is -0.324 e. The van der Waals surface area contributed by atoms with E-state index in [1.807, 2.05) is 37.3 Å². The highest BCUT2D eigenvalue weighted by atomic mass is 79.9. The number of anilines is 1. The van der Waals surface area contributed by atoms with Crippen LogP contribution >= 0.6 is 47.8 Å². The summed E-state index contributed by atoms with van der Waals surface area (Å²) in [6, 6.07) is 9.98. The Balaban J connectivity index is 1.72. The van der Waals surface area contributed by atoms with Gasteiger partial charge in [-0.15, -0.1) is 0 Å². The Morgan fingerprint density at radius 2 is 1.96 bits per heavy atom. The summed E-state index contributed by atoms with van der Waals surface area (Å²) in [4.78, 5) is 18.3. The van der Waals surface area contributed by atoms with Crippen molar-refractivity contribution in [1.29, 1.82) is 0 Å². The SMILES string of the molecule is Cc1ccc2cccc(NC(=O)C34CCC(C(Br)Br)(C3Br)C4(C)C)c2n1. The summed E-state index contributed by atoms with van der Waals surface area (Å²) in [5.74, 6) is 0.0916. The third-order valence-corrected chi connectivity index (χ3v) is 10.2. The van der Waals surface area contributed by atoms with Crippen molar-refractivity contribution in [2.24, 2.45) is 16.2 Å². The fraction of sp³-hybridized carbons (Fsp3) is 0.500. The molecule has 1 aromatic heterocycles. The molecular weight excluding hydrogens is 524 g/mol. The van der Waals surface area contributed by atoms with E-state index >= 15 is 0 Å². The fourth-order valence-electron chi connectivity index (χ4n) is 5.28. The van der Waals surface area contributed by atoms with E-state index in [0.717, 1.165) is 35.1 Å². The van der Waals surface area contributed by atoms with Crippen molar-refractivity contribution in [3.63, 3.8) is 0 Å². The average molecular weight is 545 g/mol. The van der Waals surface area contributed by atoms with E-state index in [9.17, 15) is 4.79 Å². The maximum atomic E-state index is 13.5. The molecule has 2 bridgehead atoms. The molecule has 3 atom stereocenters. The molecule has 0 saturated heterocycles. The Morgan fingerprint density at radius 1 is 1.23 bits per heavy atom. The minimum atomic E-state index is -0.418. The predicted molar refractivity (Wildman–Crippen MR) is 117 cm³/mol. The van der Waals surface area contributed by atoms with Crippen LogP contribution in [0.4, 0.5) is 5.69 Å². The highest BCUT2D eigenvalue weighted by Gasteiger charge is 2.83. The van der Waals surface area contributed by atoms with Gasteiger partial charge in [-0.1, -0.05) is 79.8 Å². The number of aryl methyl sites for hydroxylation is 1. The number of halogens is 3. The molecule has 3 aliphatic carbocycles. The van der Waals surface area contributed by atoms with Gasteiger partial charge in [-0.3, -0.25) is 9.78 Å². The zero-order valence-electron chi connectivity index (χ0n) is 14.9. The van der Waals surface area contributed by atoms with Crippen LogP contribution in [0, 0.1) is 23.2 Å². The molecule has 1 aromatic carbocycles. The van der Waals surface area contributed by atoms with E-state index in [1.165, 1.54) is 0 Å². The van der Waals surface area contributed by atoms with E-state index < -0.39 is 5.41 Å². The van der Waals surface area contributed by atoms with Gasteiger partial charge < -0.3 is 5.32 Å². The lowest BCUT2D eigenvalue weighted by atomic mass is 9.43. The Hall–Kier alpha value is -0.460. The zero-order chi connectivity index (χ0) is 18.9. The highest BCUT2D eigenvalue weighted by molar-refractivity contribution is 9.24. The second kappa shape index (κ2) is 6.02. The van der Waals surface area contributed by atoms with Gasteiger partial charge in [0.05, 0.1) is 20.4 Å². The van der Waals surface area contributed by atoms with E-state index in [1.54, 1.807) is 0 Å². The van der Waals surface area contributed by atoms with Crippen molar-refractivity contribution >= 4 is 70.3 Å². The first-order valence-corrected chi connectivity index (χ1v) is 11.5. The third kappa shape index (κ3) is 2.10. The molecule has 138 valence electrons. The van der Waals surface area contributed by atoms with Gasteiger partial charge in [0, 0.05) is 21.3 Å². The van der Waals surface area contributed by atoms with Gasteiger partial charge >= 0.3 is 0 Å². The van der Waals surface area contributed by atoms with Crippen LogP contribution < -0.4 is 5.32 Å². The van der Waals surface area contributed by atoms with Gasteiger partial charge in [-0.2, -0.15) is 0 Å². The molecule has 0 spiro atoms. The average Bonchev–Trinajstić information content (AvgIpc) is 3.05. The zero-order valence-corrected chi connectivity index (χ0v) is 19.7. The van der Waals surface area contributed by atoms with Crippen LogP contribution in [0.25, 0.3) is 10.9 Å². The van der Waals surface area contributed by atoms with Crippen molar-refractivity contribution in [3.8, 4) is 0 Å². The number of amides is 1. The van der Waals surface area contributed by atoms with Crippen molar-refractivity contribution in [2.45, 2.75) is 42.2 Å². The normalized spacial score (nSPS) is 31.9. The molecule has 5 rings (SSSR count). The third-order valence-electron chi connectivity index (χ3n) is 7.00. The number of fused-ring (bicyclic) bond motifs is 2. The maximum Gasteiger partial charge on any atom is 0.232 e. The Bertz CT molecular complexity index is 913. The summed E-state index contributed by atoms with van der Waals surface area (Å²) in [7, 11) is 0. The van der Waals surface area contributed by atoms with Crippen LogP contribution in [0.5, 0.6) is 0 Å². The summed E-state index contributed by atoms with van der Waals surface area (Å²) in [5.41, 5.74) is 2.07. The number of carbonyl (C=O) groups is 1. The number of aromatic nitrogens is 1. The van der Waals surface area contributed by atoms with Crippen molar-refractivity contribution in [2.75, 3.05) is 5.32 Å². The molecule has 0 radical (unpaired) electrons. The number of nitrogens with one attached hydrogen (secondary N) is 1. The monoisotopic (exact) mass is 542 g/mol. The molecule has 3 unspecified atom stereocenters. The van der Waals surface area contributed by atoms with Gasteiger partial charge in [0.2, 0.25) is 5.91 Å². The second-order valence-corrected chi connectivity index (χ2v) is 12.1. The van der Waals surface area contributed by atoms with E-state index in [-0.39, 0.29) is 25.3 Å². The molecule has 3 saturated carbocycles. The Kier molecular flexibility index (Phi) is 4.37. The lowest BCUT2D eigenvalue weighted by Crippen LogP contribution is -2.71. The molecule has 3 aliphatic rings. The summed E-state index contributed by atoms with van der Waals surface area (Å²) >= 11 is 11.4. The number of pyridine rings is 1. The second-order valence-electron chi connectivity index (χ2n) is 8.08. The Morgan fingerprint density at radius 3 is 2.58 bits per heavy atom. The summed E-state index contributed by atoms with van der Waals surface area (Å²) in [6.45, 7) is 6.41. The molecule has 26 heavy (non-hydrogen) atoms. The Labute approximate surface area is 179 Å². The van der Waals surface area contributed by atoms with Crippen molar-refractivity contribution in [3.05, 3.63) is 36.0 Å². The number of nitrogens with zero attached hydrogens (tertiary/aromatic N) is 1. The molecule has 1 heterocycles. The first kappa shape index (κ1) is 18.9. The lowest BCUT2D eigenvalue weighted by molar-refractivity contribution is -0.155. The molecule has 1 N–H and O–H groups in total. The fourth-order valence-corrected chi connectivity index (χ4v) is 10.2. The highest BCUT2D eigenvalue weighted by Crippen LogP contribution is 2.82. The number of alkyl halides is 3. The van der Waals surface area contributed by atoms with Gasteiger partial charge in [0.1, 0.15) is 0 Å². The quantitative estimate of drug-likeness (QED) is 0.470. The van der Waals surface area contributed by atoms with Crippen LogP contribution in [0.15, 0.2) is 30.3 Å². The number of carbonyl (C=O) groups excluding carboxylic acids is 1. The topological polar surface area (TPSA) is 42.0 Å². The standard InChI is InChI=1S/C20H21Br3N2O/c1-11-7-8-12-5-4-6-13(14(12)24-11)25-17(26)20-10-9-19(15(20)21,16(22)23)18(20,2)3/h4-8,15-16H,9-10H2,1-3H3,(H,25,26). The van der Waals surface area contributed by atoms with Crippen LogP contribution in [0.1, 0.15) is 32.4 Å². The van der Waals surface area contributed by atoms with Crippen molar-refractivity contribution in [1.82, 2.24) is 4.98 Å². The minimum absolute atomic E-state index is 0.0257. The number of hydrogen-bond donors (Lipinski definition) is 1. The molecule has 0 aliphatic heterocycles. The largest absolute Gasteiger partial charge is 0.324 e. The molecule has 6 heteroatoms. The predicted octanol–water partition coefficient (Wildman–Crippen LogP) is 6.17. The van der Waals surface area contributed by atoms with Crippen LogP contribution in [0.3, 0.4) is 0 Å².